The highest BCUT2D eigenvalue weighted by molar-refractivity contribution is 5.98. The molecule has 1 amide bonds. The minimum atomic E-state index is -0.0306. The van der Waals surface area contributed by atoms with Crippen LogP contribution in [0.3, 0.4) is 0 Å². The first kappa shape index (κ1) is 14.8. The summed E-state index contributed by atoms with van der Waals surface area (Å²) in [6.45, 7) is 4.95. The lowest BCUT2D eigenvalue weighted by Gasteiger charge is -2.30. The van der Waals surface area contributed by atoms with Gasteiger partial charge in [-0.25, -0.2) is 4.98 Å². The van der Waals surface area contributed by atoms with Gasteiger partial charge in [-0.2, -0.15) is 0 Å². The van der Waals surface area contributed by atoms with E-state index < -0.39 is 0 Å². The number of aromatic nitrogens is 1. The van der Waals surface area contributed by atoms with Crippen LogP contribution in [0.5, 0.6) is 0 Å². The topological polar surface area (TPSA) is 57.3 Å². The van der Waals surface area contributed by atoms with Crippen LogP contribution in [0, 0.1) is 0 Å². The summed E-state index contributed by atoms with van der Waals surface area (Å²) in [5.74, 6) is 0.646. The van der Waals surface area contributed by atoms with E-state index in [4.69, 9.17) is 0 Å². The molecule has 2 N–H and O–H groups in total. The molecule has 2 rings (SSSR count). The summed E-state index contributed by atoms with van der Waals surface area (Å²) in [7, 11) is 2.09. The molecule has 1 saturated heterocycles. The zero-order chi connectivity index (χ0) is 14.4. The van der Waals surface area contributed by atoms with Crippen molar-refractivity contribution in [2.45, 2.75) is 32.2 Å². The summed E-state index contributed by atoms with van der Waals surface area (Å²) in [6, 6.07) is 3.87. The van der Waals surface area contributed by atoms with Gasteiger partial charge in [-0.15, -0.1) is 0 Å². The van der Waals surface area contributed by atoms with E-state index in [1.165, 1.54) is 0 Å². The third-order valence-electron chi connectivity index (χ3n) is 3.55. The first-order chi connectivity index (χ1) is 9.70. The van der Waals surface area contributed by atoms with E-state index in [9.17, 15) is 4.79 Å². The number of nitrogens with zero attached hydrogens (tertiary/aromatic N) is 2. The van der Waals surface area contributed by atoms with Gasteiger partial charge in [0.25, 0.3) is 5.91 Å². The van der Waals surface area contributed by atoms with Gasteiger partial charge in [0.15, 0.2) is 0 Å². The molecule has 0 aromatic carbocycles. The predicted octanol–water partition coefficient (Wildman–Crippen LogP) is 1.73. The molecule has 1 aromatic rings. The number of hydrogen-bond donors (Lipinski definition) is 2. The molecule has 0 aliphatic carbocycles. The van der Waals surface area contributed by atoms with E-state index in [1.54, 1.807) is 12.3 Å². The minimum absolute atomic E-state index is 0.0306. The Balaban J connectivity index is 2.01. The van der Waals surface area contributed by atoms with Gasteiger partial charge < -0.3 is 15.5 Å². The fraction of sp³-hybridized carbons (Fsp3) is 0.600. The van der Waals surface area contributed by atoms with E-state index >= 15 is 0 Å². The molecule has 0 radical (unpaired) electrons. The number of anilines is 1. The molecule has 1 fully saturated rings. The average molecular weight is 276 g/mol. The second kappa shape index (κ2) is 7.24. The lowest BCUT2D eigenvalue weighted by Crippen LogP contribution is -2.46. The summed E-state index contributed by atoms with van der Waals surface area (Å²) in [5.41, 5.74) is 0.633. The zero-order valence-corrected chi connectivity index (χ0v) is 12.4. The molecule has 1 aliphatic heterocycles. The average Bonchev–Trinajstić information content (AvgIpc) is 2.45. The third kappa shape index (κ3) is 3.93. The van der Waals surface area contributed by atoms with Crippen molar-refractivity contribution >= 4 is 11.7 Å². The second-order valence-corrected chi connectivity index (χ2v) is 5.40. The number of likely N-dealkylation sites (tertiary alicyclic amines) is 1. The SMILES string of the molecule is CCCNc1ncccc1C(=O)NC1CCCN(C)C1. The minimum Gasteiger partial charge on any atom is -0.369 e. The highest BCUT2D eigenvalue weighted by Crippen LogP contribution is 2.13. The molecule has 0 saturated carbocycles. The van der Waals surface area contributed by atoms with E-state index in [0.717, 1.165) is 38.9 Å². The molecular formula is C15H24N4O. The molecule has 1 aromatic heterocycles. The van der Waals surface area contributed by atoms with Crippen LogP contribution < -0.4 is 10.6 Å². The Kier molecular flexibility index (Phi) is 5.35. The van der Waals surface area contributed by atoms with Gasteiger partial charge in [0.1, 0.15) is 5.82 Å². The summed E-state index contributed by atoms with van der Waals surface area (Å²) < 4.78 is 0. The standard InChI is InChI=1S/C15H24N4O/c1-3-8-16-14-13(7-4-9-17-14)15(20)18-12-6-5-10-19(2)11-12/h4,7,9,12H,3,5-6,8,10-11H2,1-2H3,(H,16,17)(H,18,20). The van der Waals surface area contributed by atoms with Crippen molar-refractivity contribution < 1.29 is 4.79 Å². The van der Waals surface area contributed by atoms with Crippen LogP contribution in [0.25, 0.3) is 0 Å². The number of rotatable bonds is 5. The van der Waals surface area contributed by atoms with Crippen LogP contribution in [-0.4, -0.2) is 48.5 Å². The Labute approximate surface area is 120 Å². The van der Waals surface area contributed by atoms with Crippen LogP contribution in [-0.2, 0) is 0 Å². The maximum absolute atomic E-state index is 12.4. The van der Waals surface area contributed by atoms with Crippen molar-refractivity contribution in [1.29, 1.82) is 0 Å². The lowest BCUT2D eigenvalue weighted by atomic mass is 10.1. The highest BCUT2D eigenvalue weighted by atomic mass is 16.1. The fourth-order valence-corrected chi connectivity index (χ4v) is 2.52. The molecule has 0 bridgehead atoms. The zero-order valence-electron chi connectivity index (χ0n) is 12.4. The van der Waals surface area contributed by atoms with Crippen molar-refractivity contribution in [3.8, 4) is 0 Å². The summed E-state index contributed by atoms with van der Waals surface area (Å²) in [4.78, 5) is 18.9. The van der Waals surface area contributed by atoms with Crippen molar-refractivity contribution in [2.75, 3.05) is 32.0 Å². The molecule has 110 valence electrons. The number of piperidine rings is 1. The van der Waals surface area contributed by atoms with Crippen molar-refractivity contribution in [2.24, 2.45) is 0 Å². The van der Waals surface area contributed by atoms with Crippen LogP contribution >= 0.6 is 0 Å². The number of hydrogen-bond acceptors (Lipinski definition) is 4. The van der Waals surface area contributed by atoms with E-state index in [2.05, 4.69) is 34.5 Å². The number of nitrogens with one attached hydrogen (secondary N) is 2. The van der Waals surface area contributed by atoms with E-state index in [-0.39, 0.29) is 11.9 Å². The third-order valence-corrected chi connectivity index (χ3v) is 3.55. The predicted molar refractivity (Wildman–Crippen MR) is 81.0 cm³/mol. The van der Waals surface area contributed by atoms with Crippen molar-refractivity contribution in [1.82, 2.24) is 15.2 Å². The van der Waals surface area contributed by atoms with Gasteiger partial charge in [-0.3, -0.25) is 4.79 Å². The number of likely N-dealkylation sites (N-methyl/N-ethyl adjacent to an activating group) is 1. The van der Waals surface area contributed by atoms with Crippen LogP contribution in [0.2, 0.25) is 0 Å². The molecule has 1 atom stereocenters. The highest BCUT2D eigenvalue weighted by Gasteiger charge is 2.21. The monoisotopic (exact) mass is 276 g/mol. The smallest absolute Gasteiger partial charge is 0.255 e. The Hall–Kier alpha value is -1.62. The number of carbonyl (C=O) groups excluding carboxylic acids is 1. The molecule has 1 aliphatic rings. The lowest BCUT2D eigenvalue weighted by molar-refractivity contribution is 0.0913. The van der Waals surface area contributed by atoms with Crippen LogP contribution in [0.1, 0.15) is 36.5 Å². The molecule has 1 unspecified atom stereocenters. The number of amides is 1. The van der Waals surface area contributed by atoms with Gasteiger partial charge in [-0.05, 0) is 45.0 Å². The largest absolute Gasteiger partial charge is 0.369 e. The van der Waals surface area contributed by atoms with Crippen molar-refractivity contribution in [3.05, 3.63) is 23.9 Å². The summed E-state index contributed by atoms with van der Waals surface area (Å²) in [5, 5.41) is 6.33. The van der Waals surface area contributed by atoms with Crippen molar-refractivity contribution in [3.63, 3.8) is 0 Å². The Morgan fingerprint density at radius 3 is 3.15 bits per heavy atom. The number of pyridine rings is 1. The molecule has 5 nitrogen and oxygen atoms in total. The Bertz CT molecular complexity index is 449. The first-order valence-electron chi connectivity index (χ1n) is 7.39. The maximum Gasteiger partial charge on any atom is 0.255 e. The van der Waals surface area contributed by atoms with Gasteiger partial charge in [-0.1, -0.05) is 6.92 Å². The summed E-state index contributed by atoms with van der Waals surface area (Å²) in [6.07, 6.45) is 4.90. The quantitative estimate of drug-likeness (QED) is 0.860. The molecule has 0 spiro atoms. The van der Waals surface area contributed by atoms with E-state index in [0.29, 0.717) is 11.4 Å². The Morgan fingerprint density at radius 2 is 2.40 bits per heavy atom. The summed E-state index contributed by atoms with van der Waals surface area (Å²) >= 11 is 0. The second-order valence-electron chi connectivity index (χ2n) is 5.40. The van der Waals surface area contributed by atoms with Crippen LogP contribution in [0.4, 0.5) is 5.82 Å². The van der Waals surface area contributed by atoms with Crippen LogP contribution in [0.15, 0.2) is 18.3 Å². The van der Waals surface area contributed by atoms with Gasteiger partial charge in [0.2, 0.25) is 0 Å². The number of carbonyl (C=O) groups is 1. The first-order valence-corrected chi connectivity index (χ1v) is 7.39. The normalized spacial score (nSPS) is 19.6. The molecular weight excluding hydrogens is 252 g/mol. The van der Waals surface area contributed by atoms with Gasteiger partial charge in [0.05, 0.1) is 5.56 Å². The maximum atomic E-state index is 12.4. The molecule has 2 heterocycles. The Morgan fingerprint density at radius 1 is 1.55 bits per heavy atom. The molecule has 5 heteroatoms. The fourth-order valence-electron chi connectivity index (χ4n) is 2.52. The van der Waals surface area contributed by atoms with E-state index in [1.807, 2.05) is 6.07 Å². The van der Waals surface area contributed by atoms with Gasteiger partial charge in [0, 0.05) is 25.3 Å². The van der Waals surface area contributed by atoms with Gasteiger partial charge >= 0.3 is 0 Å². The molecule has 20 heavy (non-hydrogen) atoms.